The Morgan fingerprint density at radius 1 is 1.06 bits per heavy atom. The first-order chi connectivity index (χ1) is 16.3. The summed E-state index contributed by atoms with van der Waals surface area (Å²) in [7, 11) is -2.01. The third-order valence-corrected chi connectivity index (χ3v) is 8.11. The third-order valence-electron chi connectivity index (χ3n) is 6.22. The Kier molecular flexibility index (Phi) is 7.39. The standard InChI is InChI=1S/C24H30FN3O5S/c1-18(24(29)26(2)17-19-5-3-6-20(25)15-19)27-9-11-28(12-10-27)34(30,31)21-7-8-22-23(16-21)33-14-4-13-32-22/h3,5-8,15-16,18H,4,9-14,17H2,1-2H3/t18-/m1/s1. The average molecular weight is 492 g/mol. The highest BCUT2D eigenvalue weighted by atomic mass is 32.2. The molecule has 0 aromatic heterocycles. The maximum atomic E-state index is 13.4. The van der Waals surface area contributed by atoms with Crippen molar-refractivity contribution in [3.63, 3.8) is 0 Å². The van der Waals surface area contributed by atoms with Crippen molar-refractivity contribution < 1.29 is 27.1 Å². The normalized spacial score (nSPS) is 18.2. The number of carbonyl (C=O) groups excluding carboxylic acids is 1. The quantitative estimate of drug-likeness (QED) is 0.617. The van der Waals surface area contributed by atoms with E-state index in [2.05, 4.69) is 0 Å². The van der Waals surface area contributed by atoms with Crippen LogP contribution in [-0.2, 0) is 21.4 Å². The number of piperazine rings is 1. The topological polar surface area (TPSA) is 79.4 Å². The maximum absolute atomic E-state index is 13.4. The number of sulfonamides is 1. The van der Waals surface area contributed by atoms with Gasteiger partial charge in [-0.15, -0.1) is 0 Å². The van der Waals surface area contributed by atoms with Gasteiger partial charge >= 0.3 is 0 Å². The van der Waals surface area contributed by atoms with Gasteiger partial charge in [0.2, 0.25) is 15.9 Å². The molecular formula is C24H30FN3O5S. The van der Waals surface area contributed by atoms with Crippen molar-refractivity contribution in [2.45, 2.75) is 30.8 Å². The lowest BCUT2D eigenvalue weighted by Crippen LogP contribution is -2.54. The third kappa shape index (κ3) is 5.34. The molecule has 0 saturated carbocycles. The van der Waals surface area contributed by atoms with Crippen LogP contribution in [0.5, 0.6) is 11.5 Å². The molecule has 10 heteroatoms. The summed E-state index contributed by atoms with van der Waals surface area (Å²) < 4.78 is 52.5. The van der Waals surface area contributed by atoms with E-state index in [0.29, 0.717) is 49.9 Å². The van der Waals surface area contributed by atoms with Crippen molar-refractivity contribution in [3.05, 3.63) is 53.8 Å². The molecule has 0 aliphatic carbocycles. The first-order valence-electron chi connectivity index (χ1n) is 11.4. The minimum absolute atomic E-state index is 0.0940. The highest BCUT2D eigenvalue weighted by molar-refractivity contribution is 7.89. The lowest BCUT2D eigenvalue weighted by Gasteiger charge is -2.38. The Morgan fingerprint density at radius 3 is 2.47 bits per heavy atom. The molecule has 0 radical (unpaired) electrons. The molecular weight excluding hydrogens is 461 g/mol. The highest BCUT2D eigenvalue weighted by Gasteiger charge is 2.33. The van der Waals surface area contributed by atoms with Gasteiger partial charge in [0.1, 0.15) is 5.82 Å². The van der Waals surface area contributed by atoms with E-state index in [0.717, 1.165) is 6.42 Å². The van der Waals surface area contributed by atoms with Crippen LogP contribution in [0.15, 0.2) is 47.4 Å². The molecule has 2 aliphatic rings. The van der Waals surface area contributed by atoms with E-state index in [4.69, 9.17) is 9.47 Å². The highest BCUT2D eigenvalue weighted by Crippen LogP contribution is 2.33. The zero-order valence-electron chi connectivity index (χ0n) is 19.4. The summed E-state index contributed by atoms with van der Waals surface area (Å²) in [6, 6.07) is 10.5. The number of hydrogen-bond acceptors (Lipinski definition) is 6. The average Bonchev–Trinajstić information content (AvgIpc) is 3.08. The van der Waals surface area contributed by atoms with Crippen LogP contribution in [0.3, 0.4) is 0 Å². The molecule has 184 valence electrons. The number of nitrogens with zero attached hydrogens (tertiary/aromatic N) is 3. The SMILES string of the molecule is C[C@H](C(=O)N(C)Cc1cccc(F)c1)N1CCN(S(=O)(=O)c2ccc3c(c2)OCCCO3)CC1. The van der Waals surface area contributed by atoms with E-state index < -0.39 is 16.1 Å². The van der Waals surface area contributed by atoms with Crippen LogP contribution >= 0.6 is 0 Å². The Morgan fingerprint density at radius 2 is 1.76 bits per heavy atom. The molecule has 8 nitrogen and oxygen atoms in total. The second-order valence-electron chi connectivity index (χ2n) is 8.60. The molecule has 1 atom stereocenters. The summed E-state index contributed by atoms with van der Waals surface area (Å²) in [5.41, 5.74) is 0.717. The molecule has 0 unspecified atom stereocenters. The van der Waals surface area contributed by atoms with Gasteiger partial charge in [-0.3, -0.25) is 9.69 Å². The van der Waals surface area contributed by atoms with Crippen molar-refractivity contribution in [1.29, 1.82) is 0 Å². The second kappa shape index (κ2) is 10.3. The number of amides is 1. The van der Waals surface area contributed by atoms with Crippen molar-refractivity contribution in [2.24, 2.45) is 0 Å². The molecule has 2 heterocycles. The van der Waals surface area contributed by atoms with Gasteiger partial charge in [0, 0.05) is 52.3 Å². The van der Waals surface area contributed by atoms with Crippen molar-refractivity contribution in [2.75, 3.05) is 46.4 Å². The minimum atomic E-state index is -3.70. The molecule has 2 aromatic carbocycles. The monoisotopic (exact) mass is 491 g/mol. The van der Waals surface area contributed by atoms with E-state index in [1.807, 2.05) is 11.8 Å². The van der Waals surface area contributed by atoms with E-state index >= 15 is 0 Å². The van der Waals surface area contributed by atoms with Crippen molar-refractivity contribution >= 4 is 15.9 Å². The van der Waals surface area contributed by atoms with Gasteiger partial charge in [0.15, 0.2) is 11.5 Å². The van der Waals surface area contributed by atoms with Crippen LogP contribution in [0.4, 0.5) is 4.39 Å². The first-order valence-corrected chi connectivity index (χ1v) is 12.8. The fourth-order valence-corrected chi connectivity index (χ4v) is 5.68. The van der Waals surface area contributed by atoms with E-state index in [1.165, 1.54) is 22.5 Å². The summed E-state index contributed by atoms with van der Waals surface area (Å²) in [4.78, 5) is 16.6. The molecule has 2 aliphatic heterocycles. The fraction of sp³-hybridized carbons (Fsp3) is 0.458. The molecule has 2 aromatic rings. The van der Waals surface area contributed by atoms with Crippen LogP contribution < -0.4 is 9.47 Å². The number of halogens is 1. The lowest BCUT2D eigenvalue weighted by molar-refractivity contribution is -0.136. The maximum Gasteiger partial charge on any atom is 0.243 e. The largest absolute Gasteiger partial charge is 0.490 e. The number of hydrogen-bond donors (Lipinski definition) is 0. The number of rotatable bonds is 6. The zero-order valence-corrected chi connectivity index (χ0v) is 20.3. The van der Waals surface area contributed by atoms with Crippen LogP contribution in [0, 0.1) is 5.82 Å². The van der Waals surface area contributed by atoms with Gasteiger partial charge in [-0.05, 0) is 36.8 Å². The second-order valence-corrected chi connectivity index (χ2v) is 10.5. The van der Waals surface area contributed by atoms with E-state index in [9.17, 15) is 17.6 Å². The van der Waals surface area contributed by atoms with Crippen LogP contribution in [-0.4, -0.2) is 80.9 Å². The van der Waals surface area contributed by atoms with Crippen LogP contribution in [0.1, 0.15) is 18.9 Å². The molecule has 34 heavy (non-hydrogen) atoms. The minimum Gasteiger partial charge on any atom is -0.490 e. The first kappa shape index (κ1) is 24.4. The smallest absolute Gasteiger partial charge is 0.243 e. The van der Waals surface area contributed by atoms with Gasteiger partial charge in [0.25, 0.3) is 0 Å². The van der Waals surface area contributed by atoms with E-state index in [-0.39, 0.29) is 29.7 Å². The molecule has 1 fully saturated rings. The van der Waals surface area contributed by atoms with Crippen molar-refractivity contribution in [1.82, 2.24) is 14.1 Å². The number of carbonyl (C=O) groups is 1. The van der Waals surface area contributed by atoms with E-state index in [1.54, 1.807) is 36.2 Å². The molecule has 0 bridgehead atoms. The molecule has 1 amide bonds. The number of ether oxygens (including phenoxy) is 2. The number of benzene rings is 2. The van der Waals surface area contributed by atoms with Crippen molar-refractivity contribution in [3.8, 4) is 11.5 Å². The van der Waals surface area contributed by atoms with Gasteiger partial charge in [-0.25, -0.2) is 12.8 Å². The van der Waals surface area contributed by atoms with Gasteiger partial charge in [-0.1, -0.05) is 12.1 Å². The predicted octanol–water partition coefficient (Wildman–Crippen LogP) is 2.34. The number of fused-ring (bicyclic) bond motifs is 1. The Bertz CT molecular complexity index is 1140. The predicted molar refractivity (Wildman–Crippen MR) is 125 cm³/mol. The Hall–Kier alpha value is -2.69. The van der Waals surface area contributed by atoms with Gasteiger partial charge in [-0.2, -0.15) is 4.31 Å². The van der Waals surface area contributed by atoms with Crippen LogP contribution in [0.2, 0.25) is 0 Å². The molecule has 4 rings (SSSR count). The van der Waals surface area contributed by atoms with Crippen LogP contribution in [0.25, 0.3) is 0 Å². The summed E-state index contributed by atoms with van der Waals surface area (Å²) in [6.07, 6.45) is 0.743. The molecule has 0 spiro atoms. The summed E-state index contributed by atoms with van der Waals surface area (Å²) >= 11 is 0. The zero-order chi connectivity index (χ0) is 24.3. The molecule has 1 saturated heterocycles. The summed E-state index contributed by atoms with van der Waals surface area (Å²) in [6.45, 7) is 4.57. The molecule has 0 N–H and O–H groups in total. The van der Waals surface area contributed by atoms with Gasteiger partial charge < -0.3 is 14.4 Å². The number of likely N-dealkylation sites (N-methyl/N-ethyl adjacent to an activating group) is 1. The summed E-state index contributed by atoms with van der Waals surface area (Å²) in [5, 5.41) is 0. The van der Waals surface area contributed by atoms with Gasteiger partial charge in [0.05, 0.1) is 24.2 Å². The Balaban J connectivity index is 1.36. The fourth-order valence-electron chi connectivity index (χ4n) is 4.25. The Labute approximate surface area is 199 Å². The lowest BCUT2D eigenvalue weighted by atomic mass is 10.1. The summed E-state index contributed by atoms with van der Waals surface area (Å²) in [5.74, 6) is 0.564.